The summed E-state index contributed by atoms with van der Waals surface area (Å²) in [6.07, 6.45) is 1.19. The number of nitrogens with two attached hydrogens (primary N) is 1. The van der Waals surface area contributed by atoms with Crippen LogP contribution in [0.25, 0.3) is 0 Å². The highest BCUT2D eigenvalue weighted by Crippen LogP contribution is 2.27. The Morgan fingerprint density at radius 3 is 2.37 bits per heavy atom. The van der Waals surface area contributed by atoms with Crippen LogP contribution in [0.2, 0.25) is 5.02 Å². The molecule has 0 spiro atoms. The molecule has 0 aliphatic rings. The molecule has 0 fully saturated rings. The highest BCUT2D eigenvalue weighted by Gasteiger charge is 2.14. The van der Waals surface area contributed by atoms with Crippen LogP contribution in [0.3, 0.4) is 0 Å². The number of nitrogens with zero attached hydrogens (tertiary/aromatic N) is 2. The lowest BCUT2D eigenvalue weighted by Crippen LogP contribution is -2.11. The maximum absolute atomic E-state index is 13.4. The average Bonchev–Trinajstić information content (AvgIpc) is 2.35. The Morgan fingerprint density at radius 2 is 1.79 bits per heavy atom. The van der Waals surface area contributed by atoms with E-state index in [2.05, 4.69) is 20.7 Å². The van der Waals surface area contributed by atoms with E-state index >= 15 is 0 Å². The van der Waals surface area contributed by atoms with Crippen LogP contribution in [0, 0.1) is 17.5 Å². The molecule has 0 radical (unpaired) electrons. The summed E-state index contributed by atoms with van der Waals surface area (Å²) in [6, 6.07) is 1.06. The zero-order chi connectivity index (χ0) is 14.0. The van der Waals surface area contributed by atoms with Gasteiger partial charge in [-0.3, -0.25) is 5.43 Å². The normalized spacial score (nSPS) is 10.4. The van der Waals surface area contributed by atoms with Crippen molar-refractivity contribution in [2.45, 2.75) is 0 Å². The number of aromatic nitrogens is 2. The van der Waals surface area contributed by atoms with Crippen molar-refractivity contribution in [3.05, 3.63) is 40.8 Å². The first kappa shape index (κ1) is 13.4. The number of halogens is 4. The lowest BCUT2D eigenvalue weighted by molar-refractivity contribution is 0.549. The largest absolute Gasteiger partial charge is 0.334 e. The fourth-order valence-corrected chi connectivity index (χ4v) is 1.44. The summed E-state index contributed by atoms with van der Waals surface area (Å²) in [5.41, 5.74) is 1.57. The maximum Gasteiger partial charge on any atom is 0.239 e. The number of rotatable bonds is 3. The molecule has 0 saturated heterocycles. The second-order valence-corrected chi connectivity index (χ2v) is 3.81. The smallest absolute Gasteiger partial charge is 0.239 e. The molecule has 0 amide bonds. The van der Waals surface area contributed by atoms with Crippen LogP contribution in [-0.2, 0) is 0 Å². The van der Waals surface area contributed by atoms with Crippen molar-refractivity contribution in [1.29, 1.82) is 0 Å². The fraction of sp³-hybridized carbons (Fsp3) is 0. The molecule has 2 aromatic rings. The van der Waals surface area contributed by atoms with Gasteiger partial charge in [0.1, 0.15) is 16.5 Å². The molecule has 0 aliphatic carbocycles. The van der Waals surface area contributed by atoms with Crippen molar-refractivity contribution in [2.24, 2.45) is 5.84 Å². The lowest BCUT2D eigenvalue weighted by atomic mass is 10.2. The molecule has 1 aromatic heterocycles. The first-order valence-electron chi connectivity index (χ1n) is 4.92. The monoisotopic (exact) mass is 289 g/mol. The molecular formula is C10H7ClF3N5. The standard InChI is InChI=1S/C10H7ClF3N5/c11-5-3-16-10(19-15)18-9(5)17-8-6(13)1-4(12)2-7(8)14/h1-3H,15H2,(H2,16,17,18,19). The van der Waals surface area contributed by atoms with Gasteiger partial charge in [0.05, 0.1) is 6.20 Å². The average molecular weight is 290 g/mol. The molecule has 0 atom stereocenters. The molecule has 0 unspecified atom stereocenters. The molecule has 5 nitrogen and oxygen atoms in total. The van der Waals surface area contributed by atoms with Crippen LogP contribution in [0.4, 0.5) is 30.6 Å². The first-order chi connectivity index (χ1) is 9.01. The van der Waals surface area contributed by atoms with E-state index in [1.165, 1.54) is 6.20 Å². The summed E-state index contributed by atoms with van der Waals surface area (Å²) in [6.45, 7) is 0. The molecular weight excluding hydrogens is 283 g/mol. The SMILES string of the molecule is NNc1ncc(Cl)c(Nc2c(F)cc(F)cc2F)n1. The van der Waals surface area contributed by atoms with Crippen LogP contribution < -0.4 is 16.6 Å². The quantitative estimate of drug-likeness (QED) is 0.598. The maximum atomic E-state index is 13.4. The van der Waals surface area contributed by atoms with Gasteiger partial charge in [-0.2, -0.15) is 4.98 Å². The second kappa shape index (κ2) is 5.29. The van der Waals surface area contributed by atoms with E-state index in [0.717, 1.165) is 0 Å². The third-order valence-corrected chi connectivity index (χ3v) is 2.40. The summed E-state index contributed by atoms with van der Waals surface area (Å²) in [5, 5.41) is 2.33. The molecule has 4 N–H and O–H groups in total. The number of benzene rings is 1. The first-order valence-corrected chi connectivity index (χ1v) is 5.29. The van der Waals surface area contributed by atoms with E-state index in [-0.39, 0.29) is 16.8 Å². The van der Waals surface area contributed by atoms with Crippen LogP contribution >= 0.6 is 11.6 Å². The minimum Gasteiger partial charge on any atom is -0.334 e. The predicted octanol–water partition coefficient (Wildman–Crippen LogP) is 2.58. The van der Waals surface area contributed by atoms with Crippen molar-refractivity contribution in [2.75, 3.05) is 10.7 Å². The minimum atomic E-state index is -1.12. The van der Waals surface area contributed by atoms with Gasteiger partial charge in [-0.15, -0.1) is 0 Å². The highest BCUT2D eigenvalue weighted by molar-refractivity contribution is 6.32. The number of hydrazine groups is 1. The van der Waals surface area contributed by atoms with E-state index in [4.69, 9.17) is 17.4 Å². The minimum absolute atomic E-state index is 0.00479. The van der Waals surface area contributed by atoms with Gasteiger partial charge >= 0.3 is 0 Å². The molecule has 1 heterocycles. The lowest BCUT2D eigenvalue weighted by Gasteiger charge is -2.10. The summed E-state index contributed by atoms with van der Waals surface area (Å²) in [7, 11) is 0. The molecule has 0 aliphatic heterocycles. The summed E-state index contributed by atoms with van der Waals surface area (Å²) in [5.74, 6) is 1.76. The Morgan fingerprint density at radius 1 is 1.16 bits per heavy atom. The van der Waals surface area contributed by atoms with Gasteiger partial charge < -0.3 is 5.32 Å². The number of nitrogens with one attached hydrogen (secondary N) is 2. The number of hydrogen-bond acceptors (Lipinski definition) is 5. The van der Waals surface area contributed by atoms with Crippen LogP contribution in [-0.4, -0.2) is 9.97 Å². The molecule has 0 bridgehead atoms. The van der Waals surface area contributed by atoms with Crippen molar-refractivity contribution < 1.29 is 13.2 Å². The molecule has 19 heavy (non-hydrogen) atoms. The van der Waals surface area contributed by atoms with Gasteiger partial charge in [0.25, 0.3) is 0 Å². The van der Waals surface area contributed by atoms with Gasteiger partial charge in [0, 0.05) is 12.1 Å². The Bertz CT molecular complexity index is 599. The third-order valence-electron chi connectivity index (χ3n) is 2.12. The predicted molar refractivity (Wildman–Crippen MR) is 64.5 cm³/mol. The van der Waals surface area contributed by atoms with E-state index < -0.39 is 23.1 Å². The van der Waals surface area contributed by atoms with Gasteiger partial charge in [-0.05, 0) is 0 Å². The third kappa shape index (κ3) is 2.85. The van der Waals surface area contributed by atoms with Gasteiger partial charge in [0.2, 0.25) is 5.95 Å². The Labute approximate surface area is 110 Å². The molecule has 1 aromatic carbocycles. The molecule has 100 valence electrons. The van der Waals surface area contributed by atoms with E-state index in [1.807, 2.05) is 0 Å². The van der Waals surface area contributed by atoms with Gasteiger partial charge in [0.15, 0.2) is 17.5 Å². The summed E-state index contributed by atoms with van der Waals surface area (Å²) < 4.78 is 39.6. The number of nitrogen functional groups attached to an aromatic ring is 1. The Kier molecular flexibility index (Phi) is 3.72. The topological polar surface area (TPSA) is 75.9 Å². The van der Waals surface area contributed by atoms with Crippen LogP contribution in [0.5, 0.6) is 0 Å². The summed E-state index contributed by atoms with van der Waals surface area (Å²) in [4.78, 5) is 7.46. The van der Waals surface area contributed by atoms with Crippen LogP contribution in [0.15, 0.2) is 18.3 Å². The van der Waals surface area contributed by atoms with E-state index in [9.17, 15) is 13.2 Å². The zero-order valence-electron chi connectivity index (χ0n) is 9.22. The van der Waals surface area contributed by atoms with E-state index in [1.54, 1.807) is 0 Å². The van der Waals surface area contributed by atoms with Gasteiger partial charge in [-0.1, -0.05) is 11.6 Å². The highest BCUT2D eigenvalue weighted by atomic mass is 35.5. The van der Waals surface area contributed by atoms with Gasteiger partial charge in [-0.25, -0.2) is 24.0 Å². The molecule has 0 saturated carbocycles. The van der Waals surface area contributed by atoms with Crippen molar-refractivity contribution in [3.8, 4) is 0 Å². The fourth-order valence-electron chi connectivity index (χ4n) is 1.30. The molecule has 9 heteroatoms. The Balaban J connectivity index is 2.41. The van der Waals surface area contributed by atoms with Crippen molar-refractivity contribution >= 4 is 29.1 Å². The van der Waals surface area contributed by atoms with Crippen molar-refractivity contribution in [3.63, 3.8) is 0 Å². The Hall–Kier alpha value is -2.06. The number of anilines is 3. The zero-order valence-corrected chi connectivity index (χ0v) is 9.97. The second-order valence-electron chi connectivity index (χ2n) is 3.40. The molecule has 2 rings (SSSR count). The van der Waals surface area contributed by atoms with E-state index in [0.29, 0.717) is 12.1 Å². The van der Waals surface area contributed by atoms with Crippen molar-refractivity contribution in [1.82, 2.24) is 9.97 Å². The van der Waals surface area contributed by atoms with Crippen LogP contribution in [0.1, 0.15) is 0 Å². The number of hydrogen-bond donors (Lipinski definition) is 3. The summed E-state index contributed by atoms with van der Waals surface area (Å²) >= 11 is 5.76.